The first-order valence-electron chi connectivity index (χ1n) is 7.74. The van der Waals surface area contributed by atoms with Gasteiger partial charge >= 0.3 is 0 Å². The lowest BCUT2D eigenvalue weighted by Crippen LogP contribution is -2.42. The highest BCUT2D eigenvalue weighted by molar-refractivity contribution is 6.30. The number of nitrogens with one attached hydrogen (secondary N) is 1. The van der Waals surface area contributed by atoms with Crippen molar-refractivity contribution in [2.75, 3.05) is 20.1 Å². The maximum absolute atomic E-state index is 12.6. The SMILES string of the molecule is CCN(CC(=O)NC)C(=O)c1nn(-c2ccc(Cl)cc2)c(C)cc1=O. The Hall–Kier alpha value is -2.67. The fraction of sp³-hybridized carbons (Fsp3) is 0.294. The first-order chi connectivity index (χ1) is 11.9. The second-order valence-electron chi connectivity index (χ2n) is 5.38. The van der Waals surface area contributed by atoms with Crippen molar-refractivity contribution in [3.63, 3.8) is 0 Å². The third-order valence-electron chi connectivity index (χ3n) is 3.66. The zero-order valence-corrected chi connectivity index (χ0v) is 15.0. The van der Waals surface area contributed by atoms with Crippen LogP contribution in [0.3, 0.4) is 0 Å². The molecule has 0 unspecified atom stereocenters. The molecule has 0 aliphatic rings. The lowest BCUT2D eigenvalue weighted by Gasteiger charge is -2.20. The van der Waals surface area contributed by atoms with Crippen LogP contribution in [-0.2, 0) is 4.79 Å². The van der Waals surface area contributed by atoms with Gasteiger partial charge in [-0.15, -0.1) is 0 Å². The number of benzene rings is 1. The highest BCUT2D eigenvalue weighted by Gasteiger charge is 2.22. The second kappa shape index (κ2) is 7.94. The predicted molar refractivity (Wildman–Crippen MR) is 95.2 cm³/mol. The van der Waals surface area contributed by atoms with Crippen LogP contribution in [0.15, 0.2) is 35.1 Å². The number of carbonyl (C=O) groups excluding carboxylic acids is 2. The van der Waals surface area contributed by atoms with Crippen molar-refractivity contribution in [3.8, 4) is 5.69 Å². The van der Waals surface area contributed by atoms with Gasteiger partial charge in [0.05, 0.1) is 12.2 Å². The van der Waals surface area contributed by atoms with Crippen LogP contribution in [0.5, 0.6) is 0 Å². The standard InChI is InChI=1S/C17H19ClN4O3/c1-4-21(10-15(24)19-3)17(25)16-14(23)9-11(2)22(20-16)13-7-5-12(18)6-8-13/h5-9H,4,10H2,1-3H3,(H,19,24). The van der Waals surface area contributed by atoms with Crippen molar-refractivity contribution < 1.29 is 9.59 Å². The molecule has 132 valence electrons. The van der Waals surface area contributed by atoms with Crippen LogP contribution in [0.1, 0.15) is 23.1 Å². The van der Waals surface area contributed by atoms with Crippen LogP contribution < -0.4 is 10.7 Å². The van der Waals surface area contributed by atoms with Crippen molar-refractivity contribution in [1.29, 1.82) is 0 Å². The van der Waals surface area contributed by atoms with Gasteiger partial charge in [0.25, 0.3) is 5.91 Å². The zero-order valence-electron chi connectivity index (χ0n) is 14.2. The van der Waals surface area contributed by atoms with Gasteiger partial charge in [-0.1, -0.05) is 11.6 Å². The molecule has 2 rings (SSSR count). The van der Waals surface area contributed by atoms with Gasteiger partial charge in [-0.3, -0.25) is 14.4 Å². The van der Waals surface area contributed by atoms with E-state index >= 15 is 0 Å². The van der Waals surface area contributed by atoms with Crippen molar-refractivity contribution in [2.24, 2.45) is 0 Å². The summed E-state index contributed by atoms with van der Waals surface area (Å²) in [7, 11) is 1.48. The van der Waals surface area contributed by atoms with Crippen LogP contribution in [0.25, 0.3) is 5.69 Å². The van der Waals surface area contributed by atoms with Gasteiger partial charge in [0.1, 0.15) is 0 Å². The van der Waals surface area contributed by atoms with E-state index in [1.807, 2.05) is 0 Å². The minimum absolute atomic E-state index is 0.137. The summed E-state index contributed by atoms with van der Waals surface area (Å²) >= 11 is 5.89. The highest BCUT2D eigenvalue weighted by atomic mass is 35.5. The van der Waals surface area contributed by atoms with Gasteiger partial charge in [0, 0.05) is 30.4 Å². The number of likely N-dealkylation sites (N-methyl/N-ethyl adjacent to an activating group) is 2. The van der Waals surface area contributed by atoms with E-state index in [4.69, 9.17) is 11.6 Å². The molecular weight excluding hydrogens is 344 g/mol. The van der Waals surface area contributed by atoms with Crippen LogP contribution in [0, 0.1) is 6.92 Å². The third kappa shape index (κ3) is 4.24. The molecule has 0 saturated heterocycles. The number of halogens is 1. The molecule has 0 aliphatic heterocycles. The average molecular weight is 363 g/mol. The number of aromatic nitrogens is 2. The summed E-state index contributed by atoms with van der Waals surface area (Å²) < 4.78 is 1.50. The highest BCUT2D eigenvalue weighted by Crippen LogP contribution is 2.14. The molecule has 0 aliphatic carbocycles. The minimum Gasteiger partial charge on any atom is -0.358 e. The normalized spacial score (nSPS) is 10.4. The minimum atomic E-state index is -0.584. The Bertz CT molecular complexity index is 846. The quantitative estimate of drug-likeness (QED) is 0.871. The maximum Gasteiger partial charge on any atom is 0.278 e. The fourth-order valence-electron chi connectivity index (χ4n) is 2.27. The molecule has 1 aromatic heterocycles. The van der Waals surface area contributed by atoms with Gasteiger partial charge in [-0.25, -0.2) is 4.68 Å². The van der Waals surface area contributed by atoms with E-state index < -0.39 is 11.3 Å². The molecule has 25 heavy (non-hydrogen) atoms. The summed E-state index contributed by atoms with van der Waals surface area (Å²) in [4.78, 5) is 37.7. The first-order valence-corrected chi connectivity index (χ1v) is 8.12. The lowest BCUT2D eigenvalue weighted by atomic mass is 10.2. The predicted octanol–water partition coefficient (Wildman–Crippen LogP) is 1.40. The summed E-state index contributed by atoms with van der Waals surface area (Å²) in [5, 5.41) is 7.24. The largest absolute Gasteiger partial charge is 0.358 e. The molecule has 1 N–H and O–H groups in total. The topological polar surface area (TPSA) is 84.3 Å². The molecule has 0 bridgehead atoms. The number of aryl methyl sites for hydroxylation is 1. The fourth-order valence-corrected chi connectivity index (χ4v) is 2.39. The maximum atomic E-state index is 12.6. The van der Waals surface area contributed by atoms with E-state index in [-0.39, 0.29) is 24.7 Å². The van der Waals surface area contributed by atoms with Crippen LogP contribution in [0.4, 0.5) is 0 Å². The van der Waals surface area contributed by atoms with E-state index in [1.54, 1.807) is 38.1 Å². The van der Waals surface area contributed by atoms with Gasteiger partial charge in [-0.05, 0) is 38.1 Å². The Morgan fingerprint density at radius 1 is 1.28 bits per heavy atom. The Labute approximate surface area is 150 Å². The molecule has 2 aromatic rings. The molecular formula is C17H19ClN4O3. The Morgan fingerprint density at radius 3 is 2.48 bits per heavy atom. The van der Waals surface area contributed by atoms with E-state index in [0.717, 1.165) is 0 Å². The molecule has 7 nitrogen and oxygen atoms in total. The summed E-state index contributed by atoms with van der Waals surface area (Å²) in [6, 6.07) is 8.22. The molecule has 2 amide bonds. The van der Waals surface area contributed by atoms with Gasteiger partial charge in [0.2, 0.25) is 11.3 Å². The van der Waals surface area contributed by atoms with Crippen LogP contribution in [0.2, 0.25) is 5.02 Å². The Kier molecular flexibility index (Phi) is 5.93. The van der Waals surface area contributed by atoms with Gasteiger partial charge in [0.15, 0.2) is 5.69 Å². The monoisotopic (exact) mass is 362 g/mol. The number of hydrogen-bond acceptors (Lipinski definition) is 4. The van der Waals surface area contributed by atoms with Gasteiger partial charge < -0.3 is 10.2 Å². The molecule has 0 fully saturated rings. The summed E-state index contributed by atoms with van der Waals surface area (Å²) in [5.41, 5.74) is 0.540. The molecule has 8 heteroatoms. The van der Waals surface area contributed by atoms with E-state index in [0.29, 0.717) is 16.4 Å². The summed E-state index contributed by atoms with van der Waals surface area (Å²) in [5.74, 6) is -0.904. The Balaban J connectivity index is 2.45. The summed E-state index contributed by atoms with van der Waals surface area (Å²) in [6.07, 6.45) is 0. The lowest BCUT2D eigenvalue weighted by molar-refractivity contribution is -0.121. The molecule has 0 radical (unpaired) electrons. The number of rotatable bonds is 5. The molecule has 1 aromatic carbocycles. The first kappa shape index (κ1) is 18.7. The average Bonchev–Trinajstić information content (AvgIpc) is 2.60. The number of amides is 2. The number of hydrogen-bond donors (Lipinski definition) is 1. The van der Waals surface area contributed by atoms with E-state index in [2.05, 4.69) is 10.4 Å². The molecule has 0 atom stereocenters. The smallest absolute Gasteiger partial charge is 0.278 e. The number of carbonyl (C=O) groups is 2. The molecule has 0 spiro atoms. The molecule has 1 heterocycles. The second-order valence-corrected chi connectivity index (χ2v) is 5.82. The Morgan fingerprint density at radius 2 is 1.92 bits per heavy atom. The van der Waals surface area contributed by atoms with Crippen molar-refractivity contribution >= 4 is 23.4 Å². The van der Waals surface area contributed by atoms with Crippen LogP contribution >= 0.6 is 11.6 Å². The third-order valence-corrected chi connectivity index (χ3v) is 3.92. The van der Waals surface area contributed by atoms with Crippen molar-refractivity contribution in [1.82, 2.24) is 20.0 Å². The van der Waals surface area contributed by atoms with Crippen LogP contribution in [-0.4, -0.2) is 46.6 Å². The zero-order chi connectivity index (χ0) is 18.6. The van der Waals surface area contributed by atoms with Crippen molar-refractivity contribution in [3.05, 3.63) is 57.0 Å². The molecule has 0 saturated carbocycles. The van der Waals surface area contributed by atoms with Gasteiger partial charge in [-0.2, -0.15) is 5.10 Å². The summed E-state index contributed by atoms with van der Waals surface area (Å²) in [6.45, 7) is 3.59. The van der Waals surface area contributed by atoms with Crippen molar-refractivity contribution in [2.45, 2.75) is 13.8 Å². The number of nitrogens with zero attached hydrogens (tertiary/aromatic N) is 3. The van der Waals surface area contributed by atoms with E-state index in [9.17, 15) is 14.4 Å². The van der Waals surface area contributed by atoms with E-state index in [1.165, 1.54) is 22.7 Å².